The van der Waals surface area contributed by atoms with Gasteiger partial charge in [-0.1, -0.05) is 34.8 Å². The second-order valence-corrected chi connectivity index (χ2v) is 7.38. The molecular weight excluding hydrogens is 373 g/mol. The lowest BCUT2D eigenvalue weighted by Gasteiger charge is -2.39. The van der Waals surface area contributed by atoms with E-state index in [1.165, 1.54) is 10.9 Å². The fourth-order valence-corrected chi connectivity index (χ4v) is 3.25. The van der Waals surface area contributed by atoms with E-state index in [9.17, 15) is 4.79 Å². The van der Waals surface area contributed by atoms with E-state index in [2.05, 4.69) is 10.00 Å². The van der Waals surface area contributed by atoms with Gasteiger partial charge in [-0.3, -0.25) is 4.79 Å². The molecule has 0 saturated carbocycles. The molecule has 0 amide bonds. The van der Waals surface area contributed by atoms with Gasteiger partial charge in [0.15, 0.2) is 0 Å². The first-order chi connectivity index (χ1) is 11.3. The van der Waals surface area contributed by atoms with Crippen LogP contribution in [0.1, 0.15) is 13.8 Å². The topological polar surface area (TPSA) is 47.4 Å². The largest absolute Gasteiger partial charge is 0.372 e. The quantitative estimate of drug-likeness (QED) is 0.785. The summed E-state index contributed by atoms with van der Waals surface area (Å²) in [5.41, 5.74) is 0.702. The fraction of sp³-hybridized carbons (Fsp3) is 0.375. The number of benzene rings is 1. The average Bonchev–Trinajstić information content (AvgIpc) is 2.51. The van der Waals surface area contributed by atoms with Crippen LogP contribution in [0.2, 0.25) is 15.1 Å². The van der Waals surface area contributed by atoms with Crippen molar-refractivity contribution < 1.29 is 4.74 Å². The lowest BCUT2D eigenvalue weighted by atomic mass is 10.1. The van der Waals surface area contributed by atoms with Crippen LogP contribution >= 0.6 is 34.8 Å². The summed E-state index contributed by atoms with van der Waals surface area (Å²) < 4.78 is 6.90. The molecule has 0 aliphatic carbocycles. The van der Waals surface area contributed by atoms with Crippen LogP contribution in [0.25, 0.3) is 5.69 Å². The summed E-state index contributed by atoms with van der Waals surface area (Å²) in [5.74, 6) is 0. The van der Waals surface area contributed by atoms with Crippen LogP contribution in [0.5, 0.6) is 0 Å². The lowest BCUT2D eigenvalue weighted by molar-refractivity contribution is -0.0276. The minimum absolute atomic E-state index is 0.0678. The van der Waals surface area contributed by atoms with Gasteiger partial charge in [0.05, 0.1) is 39.8 Å². The summed E-state index contributed by atoms with van der Waals surface area (Å²) >= 11 is 18.1. The summed E-state index contributed by atoms with van der Waals surface area (Å²) in [6.45, 7) is 6.21. The van der Waals surface area contributed by atoms with Crippen molar-refractivity contribution in [2.45, 2.75) is 19.4 Å². The average molecular weight is 389 g/mol. The van der Waals surface area contributed by atoms with E-state index in [1.807, 2.05) is 19.9 Å². The second kappa shape index (κ2) is 6.56. The molecule has 0 atom stereocenters. The maximum Gasteiger partial charge on any atom is 0.291 e. The molecule has 0 bridgehead atoms. The van der Waals surface area contributed by atoms with Crippen molar-refractivity contribution in [3.05, 3.63) is 49.8 Å². The fourth-order valence-electron chi connectivity index (χ4n) is 2.70. The smallest absolute Gasteiger partial charge is 0.291 e. The standard InChI is InChI=1S/C16H16Cl3N3O2/c1-16(2)9-21(5-6-24-16)13-4-3-10(7-11(13)17)22-15(23)14(19)12(18)8-20-22/h3-4,7-8H,5-6,9H2,1-2H3. The molecule has 0 unspecified atom stereocenters. The number of morpholine rings is 1. The van der Waals surface area contributed by atoms with Crippen LogP contribution < -0.4 is 10.5 Å². The van der Waals surface area contributed by atoms with Gasteiger partial charge < -0.3 is 9.64 Å². The van der Waals surface area contributed by atoms with Gasteiger partial charge >= 0.3 is 0 Å². The first-order valence-electron chi connectivity index (χ1n) is 7.41. The molecule has 1 aliphatic rings. The molecule has 128 valence electrons. The molecule has 8 heteroatoms. The van der Waals surface area contributed by atoms with Crippen LogP contribution in [-0.2, 0) is 4.74 Å². The van der Waals surface area contributed by atoms with Gasteiger partial charge in [0, 0.05) is 13.1 Å². The Labute approximate surface area is 154 Å². The minimum atomic E-state index is -0.486. The number of nitrogens with zero attached hydrogens (tertiary/aromatic N) is 3. The van der Waals surface area contributed by atoms with Gasteiger partial charge in [0.2, 0.25) is 0 Å². The monoisotopic (exact) mass is 387 g/mol. The molecule has 5 nitrogen and oxygen atoms in total. The normalized spacial score (nSPS) is 17.1. The number of halogens is 3. The van der Waals surface area contributed by atoms with E-state index in [1.54, 1.807) is 12.1 Å². The van der Waals surface area contributed by atoms with Gasteiger partial charge in [0.1, 0.15) is 5.02 Å². The molecule has 1 aromatic carbocycles. The Morgan fingerprint density at radius 2 is 1.96 bits per heavy atom. The Morgan fingerprint density at radius 1 is 1.21 bits per heavy atom. The number of ether oxygens (including phenoxy) is 1. The number of hydrogen-bond donors (Lipinski definition) is 0. The van der Waals surface area contributed by atoms with Crippen LogP contribution in [0.3, 0.4) is 0 Å². The molecule has 1 aliphatic heterocycles. The van der Waals surface area contributed by atoms with Crippen LogP contribution in [0.15, 0.2) is 29.2 Å². The first-order valence-corrected chi connectivity index (χ1v) is 8.54. The van der Waals surface area contributed by atoms with E-state index in [0.717, 1.165) is 18.8 Å². The van der Waals surface area contributed by atoms with Crippen molar-refractivity contribution >= 4 is 40.5 Å². The second-order valence-electron chi connectivity index (χ2n) is 6.19. The molecule has 24 heavy (non-hydrogen) atoms. The van der Waals surface area contributed by atoms with E-state index >= 15 is 0 Å². The minimum Gasteiger partial charge on any atom is -0.372 e. The number of aromatic nitrogens is 2. The highest BCUT2D eigenvalue weighted by atomic mass is 35.5. The molecule has 0 spiro atoms. The first kappa shape index (κ1) is 17.5. The van der Waals surface area contributed by atoms with Crippen LogP contribution in [-0.4, -0.2) is 35.1 Å². The number of hydrogen-bond acceptors (Lipinski definition) is 4. The highest BCUT2D eigenvalue weighted by Gasteiger charge is 2.28. The lowest BCUT2D eigenvalue weighted by Crippen LogP contribution is -2.48. The van der Waals surface area contributed by atoms with Gasteiger partial charge in [-0.2, -0.15) is 9.78 Å². The van der Waals surface area contributed by atoms with Crippen molar-refractivity contribution in [1.82, 2.24) is 9.78 Å². The van der Waals surface area contributed by atoms with Crippen molar-refractivity contribution in [3.8, 4) is 5.69 Å². The maximum atomic E-state index is 12.2. The Balaban J connectivity index is 1.96. The highest BCUT2D eigenvalue weighted by Crippen LogP contribution is 2.31. The van der Waals surface area contributed by atoms with Gasteiger partial charge in [-0.15, -0.1) is 0 Å². The maximum absolute atomic E-state index is 12.2. The van der Waals surface area contributed by atoms with Crippen molar-refractivity contribution in [1.29, 1.82) is 0 Å². The molecular formula is C16H16Cl3N3O2. The predicted molar refractivity (Wildman–Crippen MR) is 97.1 cm³/mol. The Bertz CT molecular complexity index is 836. The Morgan fingerprint density at radius 3 is 2.62 bits per heavy atom. The van der Waals surface area contributed by atoms with Gasteiger partial charge in [-0.25, -0.2) is 0 Å². The van der Waals surface area contributed by atoms with E-state index in [0.29, 0.717) is 17.3 Å². The molecule has 2 aromatic rings. The van der Waals surface area contributed by atoms with E-state index < -0.39 is 5.56 Å². The van der Waals surface area contributed by atoms with Gasteiger partial charge in [-0.05, 0) is 32.0 Å². The van der Waals surface area contributed by atoms with Crippen molar-refractivity contribution in [2.24, 2.45) is 0 Å². The molecule has 1 aromatic heterocycles. The summed E-state index contributed by atoms with van der Waals surface area (Å²) in [5, 5.41) is 4.60. The zero-order valence-electron chi connectivity index (χ0n) is 13.2. The zero-order chi connectivity index (χ0) is 17.5. The Kier molecular flexibility index (Phi) is 4.80. The van der Waals surface area contributed by atoms with E-state index in [-0.39, 0.29) is 15.6 Å². The third kappa shape index (κ3) is 3.40. The van der Waals surface area contributed by atoms with Crippen molar-refractivity contribution in [2.75, 3.05) is 24.6 Å². The number of rotatable bonds is 2. The molecule has 2 heterocycles. The third-order valence-corrected chi connectivity index (χ3v) is 4.87. The SMILES string of the molecule is CC1(C)CN(c2ccc(-n3ncc(Cl)c(Cl)c3=O)cc2Cl)CCO1. The molecule has 0 radical (unpaired) electrons. The van der Waals surface area contributed by atoms with Gasteiger partial charge in [0.25, 0.3) is 5.56 Å². The third-order valence-electron chi connectivity index (χ3n) is 3.82. The summed E-state index contributed by atoms with van der Waals surface area (Å²) in [4.78, 5) is 14.4. The highest BCUT2D eigenvalue weighted by molar-refractivity contribution is 6.41. The zero-order valence-corrected chi connectivity index (χ0v) is 15.5. The summed E-state index contributed by atoms with van der Waals surface area (Å²) in [6, 6.07) is 5.34. The molecule has 3 rings (SSSR count). The summed E-state index contributed by atoms with van der Waals surface area (Å²) in [7, 11) is 0. The number of anilines is 1. The molecule has 1 fully saturated rings. The van der Waals surface area contributed by atoms with Crippen LogP contribution in [0, 0.1) is 0 Å². The molecule has 1 saturated heterocycles. The summed E-state index contributed by atoms with van der Waals surface area (Å²) in [6.07, 6.45) is 1.33. The van der Waals surface area contributed by atoms with E-state index in [4.69, 9.17) is 39.5 Å². The predicted octanol–water partition coefficient (Wildman–Crippen LogP) is 3.81. The van der Waals surface area contributed by atoms with Crippen molar-refractivity contribution in [3.63, 3.8) is 0 Å². The molecule has 0 N–H and O–H groups in total. The Hall–Kier alpha value is -1.27. The van der Waals surface area contributed by atoms with Crippen LogP contribution in [0.4, 0.5) is 5.69 Å².